The Morgan fingerprint density at radius 2 is 1.68 bits per heavy atom. The minimum atomic E-state index is -0.233. The van der Waals surface area contributed by atoms with Crippen molar-refractivity contribution in [3.8, 4) is 0 Å². The summed E-state index contributed by atoms with van der Waals surface area (Å²) in [4.78, 5) is 18.9. The molecule has 6 heteroatoms. The molecule has 0 aromatic heterocycles. The highest BCUT2D eigenvalue weighted by atomic mass is 16.2. The zero-order valence-corrected chi connectivity index (χ0v) is 17.7. The molecule has 0 aromatic carbocycles. The molecule has 0 heterocycles. The fraction of sp³-hybridized carbons (Fsp3) is 0.895. The molecule has 0 aliphatic heterocycles. The number of rotatable bonds is 10. The van der Waals surface area contributed by atoms with Gasteiger partial charge in [-0.3, -0.25) is 9.69 Å². The lowest BCUT2D eigenvalue weighted by Crippen LogP contribution is -2.48. The maximum absolute atomic E-state index is 12.0. The number of carbonyl (C=O) groups excluding carboxylic acids is 1. The Labute approximate surface area is 155 Å². The average Bonchev–Trinajstić information content (AvgIpc) is 2.48. The number of hydrogen-bond donors (Lipinski definition) is 3. The summed E-state index contributed by atoms with van der Waals surface area (Å²) in [5, 5.41) is 9.57. The Bertz CT molecular complexity index is 397. The molecule has 1 unspecified atom stereocenters. The summed E-state index contributed by atoms with van der Waals surface area (Å²) in [6, 6.07) is 0.460. The topological polar surface area (TPSA) is 68.8 Å². The molecule has 1 amide bonds. The van der Waals surface area contributed by atoms with Gasteiger partial charge in [-0.2, -0.15) is 0 Å². The van der Waals surface area contributed by atoms with Crippen molar-refractivity contribution < 1.29 is 4.79 Å². The van der Waals surface area contributed by atoms with Gasteiger partial charge in [0.1, 0.15) is 6.54 Å². The molecule has 0 aliphatic carbocycles. The highest BCUT2D eigenvalue weighted by Crippen LogP contribution is 2.10. The first kappa shape index (κ1) is 23.7. The minimum Gasteiger partial charge on any atom is -0.357 e. The van der Waals surface area contributed by atoms with Crippen LogP contribution in [0.15, 0.2) is 4.99 Å². The number of carbonyl (C=O) groups is 1. The fourth-order valence-electron chi connectivity index (χ4n) is 2.81. The van der Waals surface area contributed by atoms with Crippen LogP contribution in [0.3, 0.4) is 0 Å². The predicted molar refractivity (Wildman–Crippen MR) is 108 cm³/mol. The van der Waals surface area contributed by atoms with Gasteiger partial charge in [0.05, 0.1) is 0 Å². The number of nitrogens with one attached hydrogen (secondary N) is 3. The predicted octanol–water partition coefficient (Wildman–Crippen LogP) is 2.21. The SMILES string of the molecule is CCNC(=NCC(=O)NC(C)(C)C)NCC(CC(C)C)N(CC)CC. The van der Waals surface area contributed by atoms with E-state index in [4.69, 9.17) is 0 Å². The maximum Gasteiger partial charge on any atom is 0.242 e. The van der Waals surface area contributed by atoms with Gasteiger partial charge in [-0.1, -0.05) is 27.7 Å². The first-order valence-corrected chi connectivity index (χ1v) is 9.70. The highest BCUT2D eigenvalue weighted by Gasteiger charge is 2.18. The van der Waals surface area contributed by atoms with Crippen molar-refractivity contribution in [3.63, 3.8) is 0 Å². The second kappa shape index (κ2) is 12.1. The van der Waals surface area contributed by atoms with E-state index in [0.29, 0.717) is 17.9 Å². The summed E-state index contributed by atoms with van der Waals surface area (Å²) in [7, 11) is 0. The van der Waals surface area contributed by atoms with E-state index in [2.05, 4.69) is 53.5 Å². The van der Waals surface area contributed by atoms with Crippen LogP contribution in [0, 0.1) is 5.92 Å². The molecule has 3 N–H and O–H groups in total. The van der Waals surface area contributed by atoms with Crippen LogP contribution in [-0.2, 0) is 4.79 Å². The van der Waals surface area contributed by atoms with Crippen LogP contribution in [0.25, 0.3) is 0 Å². The van der Waals surface area contributed by atoms with Crippen LogP contribution in [0.4, 0.5) is 0 Å². The first-order valence-electron chi connectivity index (χ1n) is 9.70. The lowest BCUT2D eigenvalue weighted by molar-refractivity contribution is -0.121. The van der Waals surface area contributed by atoms with Crippen molar-refractivity contribution in [1.29, 1.82) is 0 Å². The van der Waals surface area contributed by atoms with Gasteiger partial charge in [0.2, 0.25) is 5.91 Å². The summed E-state index contributed by atoms with van der Waals surface area (Å²) in [5.74, 6) is 1.28. The third-order valence-corrected chi connectivity index (χ3v) is 3.82. The molecule has 0 radical (unpaired) electrons. The molecule has 0 saturated heterocycles. The normalized spacial score (nSPS) is 13.9. The van der Waals surface area contributed by atoms with Crippen molar-refractivity contribution >= 4 is 11.9 Å². The Morgan fingerprint density at radius 3 is 2.12 bits per heavy atom. The summed E-state index contributed by atoms with van der Waals surface area (Å²) >= 11 is 0. The summed E-state index contributed by atoms with van der Waals surface area (Å²) in [5.41, 5.74) is -0.233. The van der Waals surface area contributed by atoms with Gasteiger partial charge in [0.15, 0.2) is 5.96 Å². The molecule has 0 fully saturated rings. The van der Waals surface area contributed by atoms with Crippen LogP contribution in [0.2, 0.25) is 0 Å². The Kier molecular flexibility index (Phi) is 11.5. The monoisotopic (exact) mass is 355 g/mol. The Morgan fingerprint density at radius 1 is 1.08 bits per heavy atom. The van der Waals surface area contributed by atoms with Crippen LogP contribution >= 0.6 is 0 Å². The number of nitrogens with zero attached hydrogens (tertiary/aromatic N) is 2. The number of amides is 1. The molecule has 148 valence electrons. The first-order chi connectivity index (χ1) is 11.6. The summed E-state index contributed by atoms with van der Waals surface area (Å²) < 4.78 is 0. The van der Waals surface area contributed by atoms with Gasteiger partial charge in [-0.15, -0.1) is 0 Å². The summed E-state index contributed by atoms with van der Waals surface area (Å²) in [6.45, 7) is 20.7. The second-order valence-corrected chi connectivity index (χ2v) is 7.88. The molecular weight excluding hydrogens is 314 g/mol. The van der Waals surface area contributed by atoms with Crippen LogP contribution < -0.4 is 16.0 Å². The van der Waals surface area contributed by atoms with E-state index in [9.17, 15) is 4.79 Å². The lowest BCUT2D eigenvalue weighted by Gasteiger charge is -2.31. The fourth-order valence-corrected chi connectivity index (χ4v) is 2.81. The van der Waals surface area contributed by atoms with Crippen LogP contribution in [0.5, 0.6) is 0 Å². The minimum absolute atomic E-state index is 0.0628. The Balaban J connectivity index is 4.80. The number of guanidine groups is 1. The lowest BCUT2D eigenvalue weighted by atomic mass is 10.0. The molecule has 6 nitrogen and oxygen atoms in total. The second-order valence-electron chi connectivity index (χ2n) is 7.88. The van der Waals surface area contributed by atoms with Gasteiger partial charge in [0.25, 0.3) is 0 Å². The molecule has 0 rings (SSSR count). The Hall–Kier alpha value is -1.30. The van der Waals surface area contributed by atoms with Crippen LogP contribution in [0.1, 0.15) is 61.8 Å². The van der Waals surface area contributed by atoms with E-state index in [0.717, 1.165) is 32.6 Å². The number of aliphatic imine (C=N–C) groups is 1. The van der Waals surface area contributed by atoms with E-state index in [1.54, 1.807) is 0 Å². The zero-order valence-electron chi connectivity index (χ0n) is 17.7. The molecule has 1 atom stereocenters. The van der Waals surface area contributed by atoms with E-state index in [1.807, 2.05) is 27.7 Å². The molecular formula is C19H41N5O. The van der Waals surface area contributed by atoms with E-state index in [-0.39, 0.29) is 18.0 Å². The number of likely N-dealkylation sites (N-methyl/N-ethyl adjacent to an activating group) is 1. The van der Waals surface area contributed by atoms with Crippen molar-refractivity contribution in [2.24, 2.45) is 10.9 Å². The molecule has 0 spiro atoms. The van der Waals surface area contributed by atoms with Gasteiger partial charge < -0.3 is 16.0 Å². The van der Waals surface area contributed by atoms with Gasteiger partial charge in [-0.05, 0) is 53.1 Å². The molecule has 0 aromatic rings. The van der Waals surface area contributed by atoms with Crippen LogP contribution in [-0.4, -0.2) is 61.1 Å². The molecule has 25 heavy (non-hydrogen) atoms. The maximum atomic E-state index is 12.0. The largest absolute Gasteiger partial charge is 0.357 e. The zero-order chi connectivity index (χ0) is 19.5. The standard InChI is InChI=1S/C19H41N5O/c1-9-20-18(22-14-17(25)23-19(6,7)8)21-13-16(12-15(4)5)24(10-2)11-3/h15-16H,9-14H2,1-8H3,(H,23,25)(H2,20,21,22). The summed E-state index contributed by atoms with van der Waals surface area (Å²) in [6.07, 6.45) is 1.14. The average molecular weight is 356 g/mol. The van der Waals surface area contributed by atoms with Gasteiger partial charge in [-0.25, -0.2) is 4.99 Å². The van der Waals surface area contributed by atoms with Crippen molar-refractivity contribution in [2.45, 2.75) is 73.4 Å². The van der Waals surface area contributed by atoms with E-state index in [1.165, 1.54) is 0 Å². The van der Waals surface area contributed by atoms with E-state index >= 15 is 0 Å². The number of hydrogen-bond acceptors (Lipinski definition) is 3. The van der Waals surface area contributed by atoms with Crippen molar-refractivity contribution in [3.05, 3.63) is 0 Å². The third kappa shape index (κ3) is 11.8. The van der Waals surface area contributed by atoms with Gasteiger partial charge in [0, 0.05) is 24.7 Å². The van der Waals surface area contributed by atoms with Crippen molar-refractivity contribution in [1.82, 2.24) is 20.9 Å². The van der Waals surface area contributed by atoms with Gasteiger partial charge >= 0.3 is 0 Å². The molecule has 0 aliphatic rings. The van der Waals surface area contributed by atoms with Crippen molar-refractivity contribution in [2.75, 3.05) is 32.7 Å². The highest BCUT2D eigenvalue weighted by molar-refractivity contribution is 5.85. The molecule has 0 saturated carbocycles. The smallest absolute Gasteiger partial charge is 0.242 e. The van der Waals surface area contributed by atoms with E-state index < -0.39 is 0 Å². The quantitative estimate of drug-likeness (QED) is 0.415. The molecule has 0 bridgehead atoms. The third-order valence-electron chi connectivity index (χ3n) is 3.82.